The molecule has 1 N–H and O–H groups in total. The molecule has 0 spiro atoms. The summed E-state index contributed by atoms with van der Waals surface area (Å²) in [5, 5.41) is 11.1. The van der Waals surface area contributed by atoms with Gasteiger partial charge in [-0.05, 0) is 44.0 Å². The maximum Gasteiger partial charge on any atom is 0.312 e. The number of benzene rings is 1. The molecule has 24 heavy (non-hydrogen) atoms. The molecule has 0 aliphatic heterocycles. The number of rotatable bonds is 7. The lowest BCUT2D eigenvalue weighted by Gasteiger charge is -2.07. The van der Waals surface area contributed by atoms with E-state index in [1.807, 2.05) is 32.0 Å². The van der Waals surface area contributed by atoms with Gasteiger partial charge in [0.2, 0.25) is 5.13 Å². The Bertz CT molecular complexity index is 710. The highest BCUT2D eigenvalue weighted by Crippen LogP contribution is 2.18. The summed E-state index contributed by atoms with van der Waals surface area (Å²) in [6.07, 6.45) is 0.0421. The van der Waals surface area contributed by atoms with E-state index in [0.29, 0.717) is 22.5 Å². The molecule has 8 heteroatoms. The molecule has 0 unspecified atom stereocenters. The average molecular weight is 349 g/mol. The summed E-state index contributed by atoms with van der Waals surface area (Å²) in [4.78, 5) is 23.3. The first-order chi connectivity index (χ1) is 11.5. The molecule has 1 amide bonds. The van der Waals surface area contributed by atoms with Crippen LogP contribution < -0.4 is 10.1 Å². The van der Waals surface area contributed by atoms with Gasteiger partial charge in [0.15, 0.2) is 6.61 Å². The van der Waals surface area contributed by atoms with Gasteiger partial charge in [0.05, 0.1) is 13.0 Å². The largest absolute Gasteiger partial charge is 0.484 e. The second-order valence-corrected chi connectivity index (χ2v) is 6.21. The maximum atomic E-state index is 11.9. The number of carbonyl (C=O) groups excluding carboxylic acids is 2. The fourth-order valence-corrected chi connectivity index (χ4v) is 2.77. The summed E-state index contributed by atoms with van der Waals surface area (Å²) in [7, 11) is 0. The molecule has 0 atom stereocenters. The standard InChI is InChI=1S/C16H19N3O4S/c1-4-22-15(21)8-14-18-19-16(24-14)17-13(20)9-23-12-6-10(2)5-11(3)7-12/h5-7H,4,8-9H2,1-3H3,(H,17,19,20). The van der Waals surface area contributed by atoms with Gasteiger partial charge in [0.25, 0.3) is 5.91 Å². The topological polar surface area (TPSA) is 90.4 Å². The molecule has 1 aromatic heterocycles. The lowest BCUT2D eigenvalue weighted by atomic mass is 10.1. The van der Waals surface area contributed by atoms with E-state index in [1.54, 1.807) is 6.92 Å². The van der Waals surface area contributed by atoms with Crippen molar-refractivity contribution in [2.24, 2.45) is 0 Å². The molecule has 1 heterocycles. The third-order valence-electron chi connectivity index (χ3n) is 2.88. The molecule has 7 nitrogen and oxygen atoms in total. The van der Waals surface area contributed by atoms with E-state index in [0.717, 1.165) is 22.5 Å². The van der Waals surface area contributed by atoms with Crippen molar-refractivity contribution in [2.45, 2.75) is 27.2 Å². The molecule has 0 aliphatic carbocycles. The van der Waals surface area contributed by atoms with Crippen LogP contribution in [0.25, 0.3) is 0 Å². The molecule has 2 rings (SSSR count). The number of nitrogens with one attached hydrogen (secondary N) is 1. The van der Waals surface area contributed by atoms with Gasteiger partial charge in [-0.2, -0.15) is 0 Å². The first-order valence-corrected chi connectivity index (χ1v) is 8.27. The molecule has 2 aromatic rings. The van der Waals surface area contributed by atoms with Gasteiger partial charge in [-0.3, -0.25) is 14.9 Å². The van der Waals surface area contributed by atoms with Gasteiger partial charge in [-0.25, -0.2) is 0 Å². The monoisotopic (exact) mass is 349 g/mol. The Kier molecular flexibility index (Phi) is 6.25. The average Bonchev–Trinajstić information content (AvgIpc) is 2.91. The number of ether oxygens (including phenoxy) is 2. The van der Waals surface area contributed by atoms with Crippen molar-refractivity contribution in [3.05, 3.63) is 34.3 Å². The Hall–Kier alpha value is -2.48. The van der Waals surface area contributed by atoms with Gasteiger partial charge in [-0.1, -0.05) is 17.4 Å². The molecular formula is C16H19N3O4S. The smallest absolute Gasteiger partial charge is 0.312 e. The van der Waals surface area contributed by atoms with Gasteiger partial charge < -0.3 is 9.47 Å². The van der Waals surface area contributed by atoms with E-state index >= 15 is 0 Å². The van der Waals surface area contributed by atoms with Crippen LogP contribution in [0, 0.1) is 13.8 Å². The zero-order valence-corrected chi connectivity index (χ0v) is 14.6. The predicted molar refractivity (Wildman–Crippen MR) is 90.3 cm³/mol. The number of anilines is 1. The van der Waals surface area contributed by atoms with Crippen LogP contribution >= 0.6 is 11.3 Å². The number of aromatic nitrogens is 2. The summed E-state index contributed by atoms with van der Waals surface area (Å²) >= 11 is 1.13. The minimum Gasteiger partial charge on any atom is -0.484 e. The van der Waals surface area contributed by atoms with Gasteiger partial charge >= 0.3 is 5.97 Å². The molecule has 0 saturated heterocycles. The normalized spacial score (nSPS) is 10.3. The zero-order valence-electron chi connectivity index (χ0n) is 13.8. The fourth-order valence-electron chi connectivity index (χ4n) is 2.03. The number of aryl methyl sites for hydroxylation is 2. The Morgan fingerprint density at radius 1 is 1.17 bits per heavy atom. The molecular weight excluding hydrogens is 330 g/mol. The second-order valence-electron chi connectivity index (χ2n) is 5.14. The van der Waals surface area contributed by atoms with Gasteiger partial charge in [-0.15, -0.1) is 10.2 Å². The van der Waals surface area contributed by atoms with E-state index in [-0.39, 0.29) is 24.9 Å². The highest BCUT2D eigenvalue weighted by Gasteiger charge is 2.12. The Labute approximate surface area is 144 Å². The molecule has 128 valence electrons. The van der Waals surface area contributed by atoms with Crippen LogP contribution in [0.4, 0.5) is 5.13 Å². The van der Waals surface area contributed by atoms with E-state index in [4.69, 9.17) is 9.47 Å². The van der Waals surface area contributed by atoms with Crippen molar-refractivity contribution in [3.63, 3.8) is 0 Å². The van der Waals surface area contributed by atoms with Crippen molar-refractivity contribution in [1.29, 1.82) is 0 Å². The summed E-state index contributed by atoms with van der Waals surface area (Å²) in [6, 6.07) is 5.75. The maximum absolute atomic E-state index is 11.9. The van der Waals surface area contributed by atoms with Crippen LogP contribution in [0.15, 0.2) is 18.2 Å². The highest BCUT2D eigenvalue weighted by molar-refractivity contribution is 7.15. The molecule has 0 saturated carbocycles. The van der Waals surface area contributed by atoms with Crippen molar-refractivity contribution < 1.29 is 19.1 Å². The van der Waals surface area contributed by atoms with E-state index < -0.39 is 0 Å². The molecule has 0 radical (unpaired) electrons. The van der Waals surface area contributed by atoms with Crippen LogP contribution in [0.1, 0.15) is 23.1 Å². The molecule has 0 bridgehead atoms. The molecule has 0 fully saturated rings. The van der Waals surface area contributed by atoms with Crippen LogP contribution in [0.2, 0.25) is 0 Å². The number of hydrogen-bond acceptors (Lipinski definition) is 7. The lowest BCUT2D eigenvalue weighted by Crippen LogP contribution is -2.20. The van der Waals surface area contributed by atoms with E-state index in [1.165, 1.54) is 0 Å². The third kappa shape index (κ3) is 5.62. The van der Waals surface area contributed by atoms with E-state index in [2.05, 4.69) is 15.5 Å². The van der Waals surface area contributed by atoms with Crippen molar-refractivity contribution in [1.82, 2.24) is 10.2 Å². The summed E-state index contributed by atoms with van der Waals surface area (Å²) in [5.41, 5.74) is 2.14. The Morgan fingerprint density at radius 2 is 1.88 bits per heavy atom. The number of amides is 1. The Balaban J connectivity index is 1.84. The van der Waals surface area contributed by atoms with Crippen LogP contribution in [0.5, 0.6) is 5.75 Å². The van der Waals surface area contributed by atoms with Crippen LogP contribution in [-0.4, -0.2) is 35.3 Å². The van der Waals surface area contributed by atoms with Crippen LogP contribution in [0.3, 0.4) is 0 Å². The minimum atomic E-state index is -0.371. The number of nitrogens with zero attached hydrogens (tertiary/aromatic N) is 2. The van der Waals surface area contributed by atoms with Gasteiger partial charge in [0.1, 0.15) is 10.8 Å². The van der Waals surface area contributed by atoms with Gasteiger partial charge in [0, 0.05) is 0 Å². The number of esters is 1. The summed E-state index contributed by atoms with van der Waals surface area (Å²) in [6.45, 7) is 5.85. The van der Waals surface area contributed by atoms with Crippen LogP contribution in [-0.2, 0) is 20.7 Å². The first kappa shape index (κ1) is 17.9. The minimum absolute atomic E-state index is 0.0421. The van der Waals surface area contributed by atoms with Crippen molar-refractivity contribution in [2.75, 3.05) is 18.5 Å². The van der Waals surface area contributed by atoms with Crippen molar-refractivity contribution in [3.8, 4) is 5.75 Å². The highest BCUT2D eigenvalue weighted by atomic mass is 32.1. The SMILES string of the molecule is CCOC(=O)Cc1nnc(NC(=O)COc2cc(C)cc(C)c2)s1. The number of hydrogen-bond donors (Lipinski definition) is 1. The predicted octanol–water partition coefficient (Wildman–Crippen LogP) is 2.28. The summed E-state index contributed by atoms with van der Waals surface area (Å²) < 4.78 is 10.3. The quantitative estimate of drug-likeness (QED) is 0.771. The molecule has 1 aromatic carbocycles. The third-order valence-corrected chi connectivity index (χ3v) is 3.72. The zero-order chi connectivity index (χ0) is 17.5. The fraction of sp³-hybridized carbons (Fsp3) is 0.375. The molecule has 0 aliphatic rings. The first-order valence-electron chi connectivity index (χ1n) is 7.45. The number of carbonyl (C=O) groups is 2. The Morgan fingerprint density at radius 3 is 2.54 bits per heavy atom. The lowest BCUT2D eigenvalue weighted by molar-refractivity contribution is -0.142. The van der Waals surface area contributed by atoms with Crippen molar-refractivity contribution >= 4 is 28.3 Å². The summed E-state index contributed by atoms with van der Waals surface area (Å²) in [5.74, 6) is -0.0689. The second kappa shape index (κ2) is 8.39. The van der Waals surface area contributed by atoms with E-state index in [9.17, 15) is 9.59 Å².